The third-order valence-electron chi connectivity index (χ3n) is 2.56. The molecule has 0 heterocycles. The second-order valence-electron chi connectivity index (χ2n) is 3.94. The van der Waals surface area contributed by atoms with Crippen LogP contribution in [0.4, 0.5) is 11.4 Å². The fourth-order valence-electron chi connectivity index (χ4n) is 1.25. The molecule has 6 heteroatoms. The average Bonchev–Trinajstić information content (AvgIpc) is 2.27. The van der Waals surface area contributed by atoms with Gasteiger partial charge in [0.2, 0.25) is 0 Å². The van der Waals surface area contributed by atoms with E-state index in [4.69, 9.17) is 23.2 Å². The molecule has 0 radical (unpaired) electrons. The highest BCUT2D eigenvalue weighted by Crippen LogP contribution is 2.34. The zero-order valence-corrected chi connectivity index (χ0v) is 11.2. The van der Waals surface area contributed by atoms with Gasteiger partial charge in [0.1, 0.15) is 0 Å². The fourth-order valence-corrected chi connectivity index (χ4v) is 1.86. The molecule has 1 unspecified atom stereocenters. The lowest BCUT2D eigenvalue weighted by atomic mass is 10.1. The van der Waals surface area contributed by atoms with Gasteiger partial charge in [-0.2, -0.15) is 0 Å². The number of anilines is 1. The first-order valence-corrected chi connectivity index (χ1v) is 6.08. The molecular formula is C11H14Cl2N2O2. The zero-order chi connectivity index (χ0) is 13.0. The van der Waals surface area contributed by atoms with Gasteiger partial charge in [0, 0.05) is 18.7 Å². The molecule has 0 aliphatic heterocycles. The molecule has 1 aromatic rings. The van der Waals surface area contributed by atoms with Crippen molar-refractivity contribution < 1.29 is 4.92 Å². The Balaban J connectivity index is 2.90. The molecule has 0 aliphatic rings. The summed E-state index contributed by atoms with van der Waals surface area (Å²) in [6.07, 6.45) is 1.04. The third-order valence-corrected chi connectivity index (χ3v) is 3.16. The van der Waals surface area contributed by atoms with Crippen LogP contribution < -0.4 is 5.32 Å². The number of halogens is 2. The van der Waals surface area contributed by atoms with E-state index in [1.807, 2.05) is 0 Å². The minimum Gasteiger partial charge on any atom is -0.382 e. The van der Waals surface area contributed by atoms with Crippen LogP contribution in [0.2, 0.25) is 10.0 Å². The number of nitrogens with one attached hydrogen (secondary N) is 1. The molecule has 4 nitrogen and oxygen atoms in total. The van der Waals surface area contributed by atoms with Gasteiger partial charge in [-0.15, -0.1) is 0 Å². The second kappa shape index (κ2) is 6.07. The number of nitro groups is 1. The minimum absolute atomic E-state index is 0.103. The van der Waals surface area contributed by atoms with Gasteiger partial charge in [-0.05, 0) is 5.92 Å². The van der Waals surface area contributed by atoms with Crippen molar-refractivity contribution in [2.45, 2.75) is 20.3 Å². The topological polar surface area (TPSA) is 55.2 Å². The van der Waals surface area contributed by atoms with E-state index in [1.54, 1.807) is 0 Å². The molecule has 0 amide bonds. The SMILES string of the molecule is CCC(C)CNc1c(Cl)cc([N+](=O)[O-])cc1Cl. The Kier molecular flexibility index (Phi) is 5.02. The zero-order valence-electron chi connectivity index (χ0n) is 9.67. The Morgan fingerprint density at radius 2 is 1.94 bits per heavy atom. The molecule has 0 aliphatic carbocycles. The summed E-state index contributed by atoms with van der Waals surface area (Å²) in [7, 11) is 0. The van der Waals surface area contributed by atoms with Gasteiger partial charge in [0.15, 0.2) is 0 Å². The minimum atomic E-state index is -0.518. The molecule has 1 N–H and O–H groups in total. The van der Waals surface area contributed by atoms with Gasteiger partial charge in [-0.1, -0.05) is 43.5 Å². The van der Waals surface area contributed by atoms with E-state index in [2.05, 4.69) is 19.2 Å². The molecule has 94 valence electrons. The van der Waals surface area contributed by atoms with E-state index in [-0.39, 0.29) is 15.7 Å². The lowest BCUT2D eigenvalue weighted by molar-refractivity contribution is -0.384. The second-order valence-corrected chi connectivity index (χ2v) is 4.75. The summed E-state index contributed by atoms with van der Waals surface area (Å²) in [6.45, 7) is 4.92. The van der Waals surface area contributed by atoms with E-state index in [9.17, 15) is 10.1 Å². The van der Waals surface area contributed by atoms with Crippen LogP contribution in [0.25, 0.3) is 0 Å². The Bertz CT molecular complexity index is 401. The molecule has 1 aromatic carbocycles. The number of hydrogen-bond donors (Lipinski definition) is 1. The lowest BCUT2D eigenvalue weighted by Crippen LogP contribution is -2.11. The van der Waals surface area contributed by atoms with Crippen LogP contribution >= 0.6 is 23.2 Å². The summed E-state index contributed by atoms with van der Waals surface area (Å²) >= 11 is 11.9. The first kappa shape index (κ1) is 14.1. The van der Waals surface area contributed by atoms with Crippen molar-refractivity contribution in [3.05, 3.63) is 32.3 Å². The maximum atomic E-state index is 10.6. The highest BCUT2D eigenvalue weighted by Gasteiger charge is 2.14. The number of nitrogens with zero attached hydrogens (tertiary/aromatic N) is 1. The van der Waals surface area contributed by atoms with E-state index >= 15 is 0 Å². The van der Waals surface area contributed by atoms with Gasteiger partial charge in [-0.25, -0.2) is 0 Å². The lowest BCUT2D eigenvalue weighted by Gasteiger charge is -2.13. The van der Waals surface area contributed by atoms with Crippen molar-refractivity contribution >= 4 is 34.6 Å². The van der Waals surface area contributed by atoms with E-state index < -0.39 is 4.92 Å². The monoisotopic (exact) mass is 276 g/mol. The van der Waals surface area contributed by atoms with Crippen LogP contribution in [0, 0.1) is 16.0 Å². The van der Waals surface area contributed by atoms with Crippen molar-refractivity contribution in [3.8, 4) is 0 Å². The maximum Gasteiger partial charge on any atom is 0.272 e. The van der Waals surface area contributed by atoms with Crippen molar-refractivity contribution in [2.24, 2.45) is 5.92 Å². The number of benzene rings is 1. The van der Waals surface area contributed by atoms with E-state index in [1.165, 1.54) is 12.1 Å². The van der Waals surface area contributed by atoms with E-state index in [0.29, 0.717) is 11.6 Å². The molecular weight excluding hydrogens is 263 g/mol. The predicted molar refractivity (Wildman–Crippen MR) is 71.1 cm³/mol. The van der Waals surface area contributed by atoms with Crippen LogP contribution in [-0.2, 0) is 0 Å². The maximum absolute atomic E-state index is 10.6. The Morgan fingerprint density at radius 1 is 1.41 bits per heavy atom. The Labute approximate surface area is 110 Å². The summed E-state index contributed by atoms with van der Waals surface area (Å²) in [6, 6.07) is 2.60. The largest absolute Gasteiger partial charge is 0.382 e. The van der Waals surface area contributed by atoms with Gasteiger partial charge in [0.05, 0.1) is 20.7 Å². The molecule has 0 bridgehead atoms. The molecule has 0 spiro atoms. The summed E-state index contributed by atoms with van der Waals surface area (Å²) in [5, 5.41) is 14.3. The molecule has 0 fully saturated rings. The highest BCUT2D eigenvalue weighted by atomic mass is 35.5. The number of nitro benzene ring substituents is 1. The van der Waals surface area contributed by atoms with Gasteiger partial charge >= 0.3 is 0 Å². The summed E-state index contributed by atoms with van der Waals surface area (Å²) in [5.74, 6) is 0.484. The number of rotatable bonds is 5. The number of non-ortho nitro benzene ring substituents is 1. The first-order chi connectivity index (χ1) is 7.95. The van der Waals surface area contributed by atoms with Crippen LogP contribution in [-0.4, -0.2) is 11.5 Å². The van der Waals surface area contributed by atoms with Crippen molar-refractivity contribution in [3.63, 3.8) is 0 Å². The Morgan fingerprint density at radius 3 is 2.35 bits per heavy atom. The number of hydrogen-bond acceptors (Lipinski definition) is 3. The van der Waals surface area contributed by atoms with Gasteiger partial charge in [0.25, 0.3) is 5.69 Å². The smallest absolute Gasteiger partial charge is 0.272 e. The average molecular weight is 277 g/mol. The molecule has 0 saturated heterocycles. The standard InChI is InChI=1S/C11H14Cl2N2O2/c1-3-7(2)6-14-11-9(12)4-8(15(16)17)5-10(11)13/h4-5,7,14H,3,6H2,1-2H3. The van der Waals surface area contributed by atoms with Gasteiger partial charge < -0.3 is 5.32 Å². The van der Waals surface area contributed by atoms with Crippen LogP contribution in [0.15, 0.2) is 12.1 Å². The van der Waals surface area contributed by atoms with Crippen molar-refractivity contribution in [1.82, 2.24) is 0 Å². The Hall–Kier alpha value is -1.00. The summed E-state index contributed by atoms with van der Waals surface area (Å²) in [5.41, 5.74) is 0.452. The van der Waals surface area contributed by atoms with Crippen LogP contribution in [0.5, 0.6) is 0 Å². The quantitative estimate of drug-likeness (QED) is 0.642. The normalized spacial score (nSPS) is 12.2. The molecule has 17 heavy (non-hydrogen) atoms. The van der Waals surface area contributed by atoms with Crippen molar-refractivity contribution in [1.29, 1.82) is 0 Å². The molecule has 1 atom stereocenters. The van der Waals surface area contributed by atoms with Crippen LogP contribution in [0.3, 0.4) is 0 Å². The third kappa shape index (κ3) is 3.75. The summed E-state index contributed by atoms with van der Waals surface area (Å²) in [4.78, 5) is 10.1. The molecule has 0 saturated carbocycles. The highest BCUT2D eigenvalue weighted by molar-refractivity contribution is 6.39. The molecule has 1 rings (SSSR count). The van der Waals surface area contributed by atoms with E-state index in [0.717, 1.165) is 13.0 Å². The first-order valence-electron chi connectivity index (χ1n) is 5.33. The van der Waals surface area contributed by atoms with Gasteiger partial charge in [-0.3, -0.25) is 10.1 Å². The fraction of sp³-hybridized carbons (Fsp3) is 0.455. The van der Waals surface area contributed by atoms with Crippen molar-refractivity contribution in [2.75, 3.05) is 11.9 Å². The predicted octanol–water partition coefficient (Wildman–Crippen LogP) is 4.36. The summed E-state index contributed by atoms with van der Waals surface area (Å²) < 4.78 is 0. The van der Waals surface area contributed by atoms with Crippen LogP contribution in [0.1, 0.15) is 20.3 Å². The molecule has 0 aromatic heterocycles.